The highest BCUT2D eigenvalue weighted by atomic mass is 16.4. The monoisotopic (exact) mass is 305 g/mol. The maximum absolute atomic E-state index is 13.1. The van der Waals surface area contributed by atoms with Crippen molar-refractivity contribution in [2.24, 2.45) is 23.7 Å². The first-order valence-electron chi connectivity index (χ1n) is 8.71. The third-order valence-electron chi connectivity index (χ3n) is 5.91. The normalized spacial score (nSPS) is 34.6. The lowest BCUT2D eigenvalue weighted by molar-refractivity contribution is -0.152. The van der Waals surface area contributed by atoms with Gasteiger partial charge in [0.2, 0.25) is 5.91 Å². The lowest BCUT2D eigenvalue weighted by atomic mass is 9.78. The van der Waals surface area contributed by atoms with E-state index in [2.05, 4.69) is 13.8 Å². The van der Waals surface area contributed by atoms with Crippen LogP contribution in [0.3, 0.4) is 0 Å². The first-order chi connectivity index (χ1) is 10.5. The van der Waals surface area contributed by atoms with Crippen LogP contribution in [0.25, 0.3) is 0 Å². The number of rotatable bonds is 2. The van der Waals surface area contributed by atoms with Crippen LogP contribution < -0.4 is 0 Å². The Balaban J connectivity index is 1.89. The maximum Gasteiger partial charge on any atom is 0.307 e. The molecule has 0 aromatic carbocycles. The predicted molar refractivity (Wildman–Crippen MR) is 84.3 cm³/mol. The molecule has 2 bridgehead atoms. The first-order valence-corrected chi connectivity index (χ1v) is 8.71. The zero-order chi connectivity index (χ0) is 15.9. The standard InChI is InChI=1S/C18H27NO3/c1-11(2)14-12-7-8-13(14)16(18(21)22)15(12)17(20)19-9-5-3-4-6-10-19/h12-13,15-16H,3-10H2,1-2H3,(H,21,22)/t12-,13-,15+,16+/m0/s1. The highest BCUT2D eigenvalue weighted by molar-refractivity contribution is 5.87. The fourth-order valence-corrected chi connectivity index (χ4v) is 5.09. The molecule has 1 N–H and O–H groups in total. The number of carboxylic acids is 1. The summed E-state index contributed by atoms with van der Waals surface area (Å²) in [5.41, 5.74) is 2.51. The molecule has 1 amide bonds. The molecule has 0 radical (unpaired) electrons. The predicted octanol–water partition coefficient (Wildman–Crippen LogP) is 3.08. The molecule has 4 nitrogen and oxygen atoms in total. The van der Waals surface area contributed by atoms with E-state index < -0.39 is 11.9 Å². The van der Waals surface area contributed by atoms with Crippen LogP contribution in [0.5, 0.6) is 0 Å². The minimum absolute atomic E-state index is 0.0911. The Kier molecular flexibility index (Phi) is 4.28. The largest absolute Gasteiger partial charge is 0.481 e. The molecule has 3 rings (SSSR count). The van der Waals surface area contributed by atoms with E-state index in [0.717, 1.165) is 38.8 Å². The minimum Gasteiger partial charge on any atom is -0.481 e. The molecule has 0 spiro atoms. The van der Waals surface area contributed by atoms with Gasteiger partial charge < -0.3 is 10.0 Å². The summed E-state index contributed by atoms with van der Waals surface area (Å²) in [6.07, 6.45) is 6.40. The van der Waals surface area contributed by atoms with Crippen LogP contribution in [-0.4, -0.2) is 35.0 Å². The zero-order valence-electron chi connectivity index (χ0n) is 13.7. The van der Waals surface area contributed by atoms with Crippen molar-refractivity contribution >= 4 is 11.9 Å². The minimum atomic E-state index is -0.779. The third-order valence-corrected chi connectivity index (χ3v) is 5.91. The Morgan fingerprint density at radius 2 is 1.50 bits per heavy atom. The average Bonchev–Trinajstić information content (AvgIpc) is 2.90. The van der Waals surface area contributed by atoms with Gasteiger partial charge in [0.25, 0.3) is 0 Å². The number of likely N-dealkylation sites (tertiary alicyclic amines) is 1. The van der Waals surface area contributed by atoms with E-state index in [1.165, 1.54) is 24.0 Å². The SMILES string of the molecule is CC(C)=C1[C@@H]2CC[C@@H]1[C@@H](C(=O)N1CCCCCC1)[C@@H]2C(=O)O. The third kappa shape index (κ3) is 2.46. The Morgan fingerprint density at radius 3 is 2.00 bits per heavy atom. The molecule has 3 aliphatic rings. The van der Waals surface area contributed by atoms with E-state index in [-0.39, 0.29) is 23.7 Å². The van der Waals surface area contributed by atoms with Gasteiger partial charge in [-0.1, -0.05) is 24.0 Å². The summed E-state index contributed by atoms with van der Waals surface area (Å²) < 4.78 is 0. The van der Waals surface area contributed by atoms with Crippen LogP contribution in [0, 0.1) is 23.7 Å². The van der Waals surface area contributed by atoms with Crippen molar-refractivity contribution < 1.29 is 14.7 Å². The second-order valence-corrected chi connectivity index (χ2v) is 7.37. The molecule has 122 valence electrons. The van der Waals surface area contributed by atoms with E-state index in [1.807, 2.05) is 4.90 Å². The average molecular weight is 305 g/mol. The Morgan fingerprint density at radius 1 is 0.955 bits per heavy atom. The van der Waals surface area contributed by atoms with E-state index in [4.69, 9.17) is 0 Å². The number of allylic oxidation sites excluding steroid dienone is 2. The summed E-state index contributed by atoms with van der Waals surface area (Å²) in [7, 11) is 0. The molecule has 4 heteroatoms. The van der Waals surface area contributed by atoms with E-state index >= 15 is 0 Å². The molecular formula is C18H27NO3. The lowest BCUT2D eigenvalue weighted by Crippen LogP contribution is -2.44. The molecule has 22 heavy (non-hydrogen) atoms. The molecule has 0 aromatic rings. The number of carbonyl (C=O) groups is 2. The van der Waals surface area contributed by atoms with Crippen LogP contribution in [0.15, 0.2) is 11.1 Å². The van der Waals surface area contributed by atoms with Gasteiger partial charge >= 0.3 is 5.97 Å². The second kappa shape index (κ2) is 6.05. The van der Waals surface area contributed by atoms with Crippen molar-refractivity contribution in [1.82, 2.24) is 4.90 Å². The lowest BCUT2D eigenvalue weighted by Gasteiger charge is -2.31. The molecule has 3 fully saturated rings. The van der Waals surface area contributed by atoms with Gasteiger partial charge in [0.15, 0.2) is 0 Å². The number of fused-ring (bicyclic) bond motifs is 2. The Bertz CT molecular complexity index is 498. The smallest absolute Gasteiger partial charge is 0.307 e. The summed E-state index contributed by atoms with van der Waals surface area (Å²) in [6.45, 7) is 5.75. The van der Waals surface area contributed by atoms with Crippen LogP contribution >= 0.6 is 0 Å². The molecule has 0 aromatic heterocycles. The van der Waals surface area contributed by atoms with Gasteiger partial charge in [0, 0.05) is 13.1 Å². The van der Waals surface area contributed by atoms with Crippen LogP contribution in [0.2, 0.25) is 0 Å². The number of carbonyl (C=O) groups excluding carboxylic acids is 1. The number of nitrogens with zero attached hydrogens (tertiary/aromatic N) is 1. The molecule has 1 heterocycles. The maximum atomic E-state index is 13.1. The Hall–Kier alpha value is -1.32. The highest BCUT2D eigenvalue weighted by Crippen LogP contribution is 2.57. The summed E-state index contributed by atoms with van der Waals surface area (Å²) in [5.74, 6) is -1.22. The molecule has 2 aliphatic carbocycles. The summed E-state index contributed by atoms with van der Waals surface area (Å²) in [4.78, 5) is 26.9. The van der Waals surface area contributed by atoms with Gasteiger partial charge in [0.05, 0.1) is 11.8 Å². The fourth-order valence-electron chi connectivity index (χ4n) is 5.09. The summed E-state index contributed by atoms with van der Waals surface area (Å²) in [6, 6.07) is 0. The van der Waals surface area contributed by atoms with E-state index in [0.29, 0.717) is 0 Å². The van der Waals surface area contributed by atoms with E-state index in [1.54, 1.807) is 0 Å². The number of hydrogen-bond donors (Lipinski definition) is 1. The number of aliphatic carboxylic acids is 1. The highest BCUT2D eigenvalue weighted by Gasteiger charge is 2.57. The fraction of sp³-hybridized carbons (Fsp3) is 0.778. The van der Waals surface area contributed by atoms with Gasteiger partial charge in [-0.2, -0.15) is 0 Å². The topological polar surface area (TPSA) is 57.6 Å². The van der Waals surface area contributed by atoms with Crippen molar-refractivity contribution in [3.63, 3.8) is 0 Å². The van der Waals surface area contributed by atoms with Crippen LogP contribution in [0.4, 0.5) is 0 Å². The van der Waals surface area contributed by atoms with Crippen LogP contribution in [0.1, 0.15) is 52.4 Å². The van der Waals surface area contributed by atoms with Gasteiger partial charge in [0.1, 0.15) is 0 Å². The Labute approximate surface area is 132 Å². The summed E-state index contributed by atoms with van der Waals surface area (Å²) in [5, 5.41) is 9.71. The van der Waals surface area contributed by atoms with E-state index in [9.17, 15) is 14.7 Å². The number of hydrogen-bond acceptors (Lipinski definition) is 2. The zero-order valence-corrected chi connectivity index (χ0v) is 13.7. The first kappa shape index (κ1) is 15.6. The van der Waals surface area contributed by atoms with Crippen molar-refractivity contribution in [3.8, 4) is 0 Å². The second-order valence-electron chi connectivity index (χ2n) is 7.37. The van der Waals surface area contributed by atoms with Gasteiger partial charge in [-0.3, -0.25) is 9.59 Å². The quantitative estimate of drug-likeness (QED) is 0.798. The van der Waals surface area contributed by atoms with Crippen molar-refractivity contribution in [2.75, 3.05) is 13.1 Å². The number of amides is 1. The van der Waals surface area contributed by atoms with Gasteiger partial charge in [-0.15, -0.1) is 0 Å². The number of carboxylic acid groups (broad SMARTS) is 1. The molecule has 0 unspecified atom stereocenters. The molecule has 4 atom stereocenters. The van der Waals surface area contributed by atoms with Crippen molar-refractivity contribution in [2.45, 2.75) is 52.4 Å². The molecule has 1 aliphatic heterocycles. The molecular weight excluding hydrogens is 278 g/mol. The van der Waals surface area contributed by atoms with Gasteiger partial charge in [-0.05, 0) is 51.4 Å². The van der Waals surface area contributed by atoms with Crippen LogP contribution in [-0.2, 0) is 9.59 Å². The van der Waals surface area contributed by atoms with Crippen molar-refractivity contribution in [1.29, 1.82) is 0 Å². The summed E-state index contributed by atoms with van der Waals surface area (Å²) >= 11 is 0. The van der Waals surface area contributed by atoms with Crippen molar-refractivity contribution in [3.05, 3.63) is 11.1 Å². The van der Waals surface area contributed by atoms with Gasteiger partial charge in [-0.25, -0.2) is 0 Å². The molecule has 2 saturated carbocycles. The molecule has 1 saturated heterocycles.